The van der Waals surface area contributed by atoms with Gasteiger partial charge in [-0.2, -0.15) is 0 Å². The minimum absolute atomic E-state index is 0.205. The van der Waals surface area contributed by atoms with Crippen molar-refractivity contribution >= 4 is 12.0 Å². The lowest BCUT2D eigenvalue weighted by atomic mass is 10.1. The SMILES string of the molecule is O=C(O)/C=C/CNC(=O)NCCCc1ccccc1. The number of amides is 2. The summed E-state index contributed by atoms with van der Waals surface area (Å²) in [6.45, 7) is 0.792. The van der Waals surface area contributed by atoms with E-state index in [0.29, 0.717) is 6.54 Å². The van der Waals surface area contributed by atoms with Crippen molar-refractivity contribution in [3.63, 3.8) is 0 Å². The smallest absolute Gasteiger partial charge is 0.328 e. The summed E-state index contributed by atoms with van der Waals surface area (Å²) in [5.74, 6) is -1.02. The van der Waals surface area contributed by atoms with Crippen LogP contribution < -0.4 is 10.6 Å². The Balaban J connectivity index is 2.06. The lowest BCUT2D eigenvalue weighted by molar-refractivity contribution is -0.131. The first kappa shape index (κ1) is 14.8. The molecular weight excluding hydrogens is 244 g/mol. The van der Waals surface area contributed by atoms with Gasteiger partial charge in [0.2, 0.25) is 0 Å². The molecule has 0 aromatic heterocycles. The zero-order chi connectivity index (χ0) is 13.9. The van der Waals surface area contributed by atoms with E-state index in [1.807, 2.05) is 18.2 Å². The van der Waals surface area contributed by atoms with Gasteiger partial charge in [-0.05, 0) is 18.4 Å². The maximum Gasteiger partial charge on any atom is 0.328 e. The van der Waals surface area contributed by atoms with E-state index in [2.05, 4.69) is 22.8 Å². The van der Waals surface area contributed by atoms with Crippen LogP contribution in [0.15, 0.2) is 42.5 Å². The molecule has 0 aliphatic rings. The number of nitrogens with one attached hydrogen (secondary N) is 2. The highest BCUT2D eigenvalue weighted by Gasteiger charge is 1.97. The van der Waals surface area contributed by atoms with Gasteiger partial charge in [-0.1, -0.05) is 36.4 Å². The van der Waals surface area contributed by atoms with Gasteiger partial charge in [0.05, 0.1) is 0 Å². The molecule has 0 saturated heterocycles. The Kier molecular flexibility index (Phi) is 6.79. The predicted molar refractivity (Wildman–Crippen MR) is 72.9 cm³/mol. The first-order valence-electron chi connectivity index (χ1n) is 6.13. The van der Waals surface area contributed by atoms with Gasteiger partial charge >= 0.3 is 12.0 Å². The average molecular weight is 262 g/mol. The lowest BCUT2D eigenvalue weighted by Gasteiger charge is -2.05. The molecule has 1 aromatic rings. The van der Waals surface area contributed by atoms with Gasteiger partial charge in [-0.3, -0.25) is 0 Å². The molecule has 0 aliphatic heterocycles. The molecule has 2 amide bonds. The number of hydrogen-bond acceptors (Lipinski definition) is 2. The Hall–Kier alpha value is -2.30. The fourth-order valence-corrected chi connectivity index (χ4v) is 1.51. The molecule has 1 rings (SSSR count). The van der Waals surface area contributed by atoms with E-state index in [9.17, 15) is 9.59 Å². The summed E-state index contributed by atoms with van der Waals surface area (Å²) in [5.41, 5.74) is 1.24. The van der Waals surface area contributed by atoms with E-state index < -0.39 is 5.97 Å². The molecular formula is C14H18N2O3. The molecule has 19 heavy (non-hydrogen) atoms. The molecule has 102 valence electrons. The van der Waals surface area contributed by atoms with E-state index in [1.54, 1.807) is 0 Å². The number of benzene rings is 1. The van der Waals surface area contributed by atoms with Crippen molar-refractivity contribution in [2.24, 2.45) is 0 Å². The van der Waals surface area contributed by atoms with E-state index >= 15 is 0 Å². The number of aryl methyl sites for hydroxylation is 1. The Morgan fingerprint density at radius 1 is 1.16 bits per heavy atom. The van der Waals surface area contributed by atoms with Crippen molar-refractivity contribution in [2.75, 3.05) is 13.1 Å². The molecule has 0 saturated carbocycles. The number of hydrogen-bond donors (Lipinski definition) is 3. The van der Waals surface area contributed by atoms with Crippen molar-refractivity contribution in [1.29, 1.82) is 0 Å². The summed E-state index contributed by atoms with van der Waals surface area (Å²) >= 11 is 0. The van der Waals surface area contributed by atoms with Crippen molar-refractivity contribution < 1.29 is 14.7 Å². The van der Waals surface area contributed by atoms with Crippen molar-refractivity contribution in [3.8, 4) is 0 Å². The van der Waals surface area contributed by atoms with Crippen LogP contribution >= 0.6 is 0 Å². The van der Waals surface area contributed by atoms with Gasteiger partial charge in [-0.25, -0.2) is 9.59 Å². The number of carboxylic acid groups (broad SMARTS) is 1. The Bertz CT molecular complexity index is 430. The number of carbonyl (C=O) groups is 2. The number of carboxylic acids is 1. The van der Waals surface area contributed by atoms with Crippen molar-refractivity contribution in [2.45, 2.75) is 12.8 Å². The first-order valence-corrected chi connectivity index (χ1v) is 6.13. The van der Waals surface area contributed by atoms with Gasteiger partial charge in [0.1, 0.15) is 0 Å². The number of carbonyl (C=O) groups excluding carboxylic acids is 1. The Morgan fingerprint density at radius 3 is 2.58 bits per heavy atom. The van der Waals surface area contributed by atoms with E-state index in [-0.39, 0.29) is 12.6 Å². The molecule has 5 heteroatoms. The van der Waals surface area contributed by atoms with Crippen LogP contribution in [0.2, 0.25) is 0 Å². The highest BCUT2D eigenvalue weighted by Crippen LogP contribution is 2.01. The molecule has 3 N–H and O–H groups in total. The van der Waals surface area contributed by atoms with Crippen LogP contribution in [0.3, 0.4) is 0 Å². The van der Waals surface area contributed by atoms with E-state index in [0.717, 1.165) is 18.9 Å². The van der Waals surface area contributed by atoms with Crippen LogP contribution in [-0.2, 0) is 11.2 Å². The summed E-state index contributed by atoms with van der Waals surface area (Å²) in [4.78, 5) is 21.5. The average Bonchev–Trinajstić information content (AvgIpc) is 2.41. The fraction of sp³-hybridized carbons (Fsp3) is 0.286. The van der Waals surface area contributed by atoms with Crippen LogP contribution in [0.25, 0.3) is 0 Å². The monoisotopic (exact) mass is 262 g/mol. The highest BCUT2D eigenvalue weighted by atomic mass is 16.4. The van der Waals surface area contributed by atoms with Crippen LogP contribution in [0, 0.1) is 0 Å². The van der Waals surface area contributed by atoms with Gasteiger partial charge in [0.15, 0.2) is 0 Å². The molecule has 0 bridgehead atoms. The van der Waals surface area contributed by atoms with Gasteiger partial charge in [0, 0.05) is 19.2 Å². The second-order valence-corrected chi connectivity index (χ2v) is 3.97. The van der Waals surface area contributed by atoms with Gasteiger partial charge < -0.3 is 15.7 Å². The normalized spacial score (nSPS) is 10.3. The molecule has 0 unspecified atom stereocenters. The lowest BCUT2D eigenvalue weighted by Crippen LogP contribution is -2.36. The predicted octanol–water partition coefficient (Wildman–Crippen LogP) is 1.56. The third-order valence-electron chi connectivity index (χ3n) is 2.41. The van der Waals surface area contributed by atoms with Crippen molar-refractivity contribution in [3.05, 3.63) is 48.0 Å². The zero-order valence-corrected chi connectivity index (χ0v) is 10.6. The summed E-state index contributed by atoms with van der Waals surface area (Å²) in [6.07, 6.45) is 4.16. The third kappa shape index (κ3) is 7.59. The second-order valence-electron chi connectivity index (χ2n) is 3.97. The quantitative estimate of drug-likeness (QED) is 0.515. The summed E-state index contributed by atoms with van der Waals surface area (Å²) < 4.78 is 0. The van der Waals surface area contributed by atoms with Gasteiger partial charge in [0.25, 0.3) is 0 Å². The number of urea groups is 1. The minimum atomic E-state index is -1.02. The van der Waals surface area contributed by atoms with E-state index in [1.165, 1.54) is 11.6 Å². The maximum atomic E-state index is 11.3. The Morgan fingerprint density at radius 2 is 1.89 bits per heavy atom. The second kappa shape index (κ2) is 8.74. The standard InChI is InChI=1S/C14H18N2O3/c17-13(18)9-5-11-16-14(19)15-10-4-8-12-6-2-1-3-7-12/h1-3,5-7,9H,4,8,10-11H2,(H,17,18)(H2,15,16,19)/b9-5+. The van der Waals surface area contributed by atoms with E-state index in [4.69, 9.17) is 5.11 Å². The van der Waals surface area contributed by atoms with Crippen LogP contribution in [0.4, 0.5) is 4.79 Å². The molecule has 0 radical (unpaired) electrons. The first-order chi connectivity index (χ1) is 9.18. The highest BCUT2D eigenvalue weighted by molar-refractivity contribution is 5.80. The maximum absolute atomic E-state index is 11.3. The number of aliphatic carboxylic acids is 1. The molecule has 5 nitrogen and oxygen atoms in total. The molecule has 1 aromatic carbocycles. The third-order valence-corrected chi connectivity index (χ3v) is 2.41. The summed E-state index contributed by atoms with van der Waals surface area (Å²) in [6, 6.07) is 9.77. The van der Waals surface area contributed by atoms with Gasteiger partial charge in [-0.15, -0.1) is 0 Å². The van der Waals surface area contributed by atoms with Crippen LogP contribution in [0.1, 0.15) is 12.0 Å². The largest absolute Gasteiger partial charge is 0.478 e. The van der Waals surface area contributed by atoms with Crippen molar-refractivity contribution in [1.82, 2.24) is 10.6 Å². The topological polar surface area (TPSA) is 78.4 Å². The fourth-order valence-electron chi connectivity index (χ4n) is 1.51. The molecule has 0 aliphatic carbocycles. The minimum Gasteiger partial charge on any atom is -0.478 e. The summed E-state index contributed by atoms with van der Waals surface area (Å²) in [5, 5.41) is 13.6. The Labute approximate surface area is 112 Å². The molecule has 0 heterocycles. The molecule has 0 fully saturated rings. The zero-order valence-electron chi connectivity index (χ0n) is 10.6. The number of rotatable bonds is 7. The molecule has 0 atom stereocenters. The summed E-state index contributed by atoms with van der Waals surface area (Å²) in [7, 11) is 0. The molecule has 0 spiro atoms. The van der Waals surface area contributed by atoms with Crippen LogP contribution in [-0.4, -0.2) is 30.2 Å². The van der Waals surface area contributed by atoms with Crippen LogP contribution in [0.5, 0.6) is 0 Å².